The van der Waals surface area contributed by atoms with Crippen LogP contribution in [0, 0.1) is 0 Å². The van der Waals surface area contributed by atoms with Crippen LogP contribution in [0.1, 0.15) is 70.4 Å². The minimum absolute atomic E-state index is 0.0573. The van der Waals surface area contributed by atoms with Crippen molar-refractivity contribution in [1.29, 1.82) is 0 Å². The van der Waals surface area contributed by atoms with Gasteiger partial charge in [-0.15, -0.1) is 0 Å². The highest BCUT2D eigenvalue weighted by molar-refractivity contribution is 5.77. The number of nitrogens with zero attached hydrogens (tertiary/aromatic N) is 1. The Balaban J connectivity index is 1.95. The molecule has 1 heterocycles. The molecule has 1 saturated heterocycles. The maximum Gasteiger partial charge on any atom is 0.416 e. The molecule has 0 radical (unpaired) electrons. The Morgan fingerprint density at radius 3 is 2.37 bits per heavy atom. The lowest BCUT2D eigenvalue weighted by molar-refractivity contribution is -0.138. The van der Waals surface area contributed by atoms with Gasteiger partial charge in [-0.05, 0) is 63.6 Å². The topological polar surface area (TPSA) is 58.6 Å². The Morgan fingerprint density at radius 1 is 1.17 bits per heavy atom. The zero-order valence-electron chi connectivity index (χ0n) is 18.0. The molecule has 8 heteroatoms. The molecule has 1 aliphatic rings. The van der Waals surface area contributed by atoms with Gasteiger partial charge in [-0.2, -0.15) is 13.2 Å². The van der Waals surface area contributed by atoms with Gasteiger partial charge < -0.3 is 15.0 Å². The molecule has 0 aromatic heterocycles. The second kappa shape index (κ2) is 9.71. The Bertz CT molecular complexity index is 727. The van der Waals surface area contributed by atoms with Gasteiger partial charge in [0.2, 0.25) is 5.91 Å². The van der Waals surface area contributed by atoms with Crippen molar-refractivity contribution in [2.75, 3.05) is 13.1 Å². The van der Waals surface area contributed by atoms with Crippen LogP contribution in [0.5, 0.6) is 0 Å². The first-order chi connectivity index (χ1) is 13.9. The highest BCUT2D eigenvalue weighted by Gasteiger charge is 2.31. The van der Waals surface area contributed by atoms with Gasteiger partial charge in [0.05, 0.1) is 5.56 Å². The minimum atomic E-state index is -4.38. The van der Waals surface area contributed by atoms with E-state index in [1.165, 1.54) is 12.1 Å². The largest absolute Gasteiger partial charge is 0.444 e. The molecule has 2 amide bonds. The van der Waals surface area contributed by atoms with Crippen molar-refractivity contribution in [3.8, 4) is 0 Å². The summed E-state index contributed by atoms with van der Waals surface area (Å²) in [6.07, 6.45) is -2.04. The quantitative estimate of drug-likeness (QED) is 0.709. The van der Waals surface area contributed by atoms with Crippen molar-refractivity contribution in [3.05, 3.63) is 35.4 Å². The van der Waals surface area contributed by atoms with Crippen LogP contribution in [-0.2, 0) is 15.7 Å². The van der Waals surface area contributed by atoms with E-state index in [9.17, 15) is 22.8 Å². The molecule has 5 nitrogen and oxygen atoms in total. The summed E-state index contributed by atoms with van der Waals surface area (Å²) in [6, 6.07) is 4.84. The van der Waals surface area contributed by atoms with E-state index in [0.29, 0.717) is 18.7 Å². The van der Waals surface area contributed by atoms with Crippen LogP contribution in [0.25, 0.3) is 0 Å². The van der Waals surface area contributed by atoms with Crippen molar-refractivity contribution in [2.45, 2.75) is 77.1 Å². The van der Waals surface area contributed by atoms with Gasteiger partial charge in [-0.25, -0.2) is 4.79 Å². The number of alkyl carbamates (subject to hydrolysis) is 1. The molecule has 1 aliphatic heterocycles. The van der Waals surface area contributed by atoms with Gasteiger partial charge >= 0.3 is 12.3 Å². The van der Waals surface area contributed by atoms with Gasteiger partial charge in [0.1, 0.15) is 5.60 Å². The van der Waals surface area contributed by atoms with E-state index in [1.54, 1.807) is 25.7 Å². The maximum atomic E-state index is 12.9. The van der Waals surface area contributed by atoms with E-state index >= 15 is 0 Å². The first-order valence-electron chi connectivity index (χ1n) is 10.3. The number of carbonyl (C=O) groups excluding carboxylic acids is 2. The van der Waals surface area contributed by atoms with Crippen molar-refractivity contribution in [1.82, 2.24) is 10.2 Å². The molecule has 0 spiro atoms. The number of nitrogens with one attached hydrogen (secondary N) is 1. The van der Waals surface area contributed by atoms with Crippen molar-refractivity contribution < 1.29 is 27.5 Å². The van der Waals surface area contributed by atoms with Gasteiger partial charge in [0.25, 0.3) is 0 Å². The highest BCUT2D eigenvalue weighted by Crippen LogP contribution is 2.31. The molecule has 0 bridgehead atoms. The molecular weight excluding hydrogens is 397 g/mol. The molecule has 2 atom stereocenters. The van der Waals surface area contributed by atoms with E-state index in [4.69, 9.17) is 4.74 Å². The van der Waals surface area contributed by atoms with Crippen LogP contribution in [-0.4, -0.2) is 41.6 Å². The number of halogens is 3. The fraction of sp³-hybridized carbons (Fsp3) is 0.636. The average molecular weight is 428 g/mol. The first kappa shape index (κ1) is 24.0. The molecule has 1 aromatic rings. The van der Waals surface area contributed by atoms with Crippen molar-refractivity contribution in [3.63, 3.8) is 0 Å². The van der Waals surface area contributed by atoms with Gasteiger partial charge in [-0.1, -0.05) is 19.1 Å². The summed E-state index contributed by atoms with van der Waals surface area (Å²) < 4.78 is 43.5. The number of benzene rings is 1. The Morgan fingerprint density at radius 2 is 1.80 bits per heavy atom. The molecule has 2 rings (SSSR count). The summed E-state index contributed by atoms with van der Waals surface area (Å²) >= 11 is 0. The van der Waals surface area contributed by atoms with E-state index < -0.39 is 23.4 Å². The summed E-state index contributed by atoms with van der Waals surface area (Å²) in [7, 11) is 0. The third-order valence-corrected chi connectivity index (χ3v) is 5.12. The molecule has 2 unspecified atom stereocenters. The van der Waals surface area contributed by atoms with Crippen LogP contribution in [0.2, 0.25) is 0 Å². The number of alkyl halides is 3. The van der Waals surface area contributed by atoms with Gasteiger partial charge in [0.15, 0.2) is 0 Å². The summed E-state index contributed by atoms with van der Waals surface area (Å²) in [5.74, 6) is -0.265. The smallest absolute Gasteiger partial charge is 0.416 e. The minimum Gasteiger partial charge on any atom is -0.444 e. The van der Waals surface area contributed by atoms with E-state index in [-0.39, 0.29) is 24.3 Å². The third-order valence-electron chi connectivity index (χ3n) is 5.12. The lowest BCUT2D eigenvalue weighted by Gasteiger charge is -2.36. The lowest BCUT2D eigenvalue weighted by atomic mass is 9.94. The standard InChI is InChI=1S/C22H31F3N2O3/c1-15(16-8-10-17(11-9-16)22(23,24)25)13-19(28)27-12-6-5-7-18(27)14-26-20(29)30-21(2,3)4/h8-11,15,18H,5-7,12-14H2,1-4H3,(H,26,29). The molecule has 0 aliphatic carbocycles. The number of amides is 2. The average Bonchev–Trinajstić information content (AvgIpc) is 2.64. The second-order valence-corrected chi connectivity index (χ2v) is 8.84. The van der Waals surface area contributed by atoms with E-state index in [0.717, 1.165) is 31.4 Å². The zero-order chi connectivity index (χ0) is 22.5. The molecule has 1 N–H and O–H groups in total. The predicted molar refractivity (Wildman–Crippen MR) is 108 cm³/mol. The van der Waals surface area contributed by atoms with Crippen LogP contribution < -0.4 is 5.32 Å². The molecular formula is C22H31F3N2O3. The monoisotopic (exact) mass is 428 g/mol. The van der Waals surface area contributed by atoms with E-state index in [1.807, 2.05) is 6.92 Å². The number of piperidine rings is 1. The van der Waals surface area contributed by atoms with E-state index in [2.05, 4.69) is 5.32 Å². The fourth-order valence-corrected chi connectivity index (χ4v) is 3.55. The summed E-state index contributed by atoms with van der Waals surface area (Å²) in [5, 5.41) is 2.74. The normalized spacial score (nSPS) is 18.6. The van der Waals surface area contributed by atoms with Gasteiger partial charge in [-0.3, -0.25) is 4.79 Å². The molecule has 1 fully saturated rings. The van der Waals surface area contributed by atoms with Crippen LogP contribution >= 0.6 is 0 Å². The molecule has 0 saturated carbocycles. The number of carbonyl (C=O) groups is 2. The number of hydrogen-bond acceptors (Lipinski definition) is 3. The summed E-state index contributed by atoms with van der Waals surface area (Å²) in [6.45, 7) is 8.11. The number of likely N-dealkylation sites (tertiary alicyclic amines) is 1. The summed E-state index contributed by atoms with van der Waals surface area (Å²) in [5.41, 5.74) is -0.602. The predicted octanol–water partition coefficient (Wildman–Crippen LogP) is 5.10. The fourth-order valence-electron chi connectivity index (χ4n) is 3.55. The highest BCUT2D eigenvalue weighted by atomic mass is 19.4. The Kier molecular flexibility index (Phi) is 7.77. The van der Waals surface area contributed by atoms with Crippen molar-refractivity contribution in [2.24, 2.45) is 0 Å². The molecule has 168 valence electrons. The molecule has 1 aromatic carbocycles. The SMILES string of the molecule is CC(CC(=O)N1CCCCC1CNC(=O)OC(C)(C)C)c1ccc(C(F)(F)F)cc1. The maximum absolute atomic E-state index is 12.9. The second-order valence-electron chi connectivity index (χ2n) is 8.84. The summed E-state index contributed by atoms with van der Waals surface area (Å²) in [4.78, 5) is 26.6. The number of rotatable bonds is 5. The zero-order valence-corrected chi connectivity index (χ0v) is 18.0. The Hall–Kier alpha value is -2.25. The lowest BCUT2D eigenvalue weighted by Crippen LogP contribution is -2.50. The van der Waals surface area contributed by atoms with Crippen LogP contribution in [0.4, 0.5) is 18.0 Å². The molecule has 30 heavy (non-hydrogen) atoms. The van der Waals surface area contributed by atoms with Gasteiger partial charge in [0, 0.05) is 25.6 Å². The van der Waals surface area contributed by atoms with Crippen LogP contribution in [0.3, 0.4) is 0 Å². The first-order valence-corrected chi connectivity index (χ1v) is 10.3. The van der Waals surface area contributed by atoms with Crippen molar-refractivity contribution >= 4 is 12.0 Å². The number of hydrogen-bond donors (Lipinski definition) is 1. The van der Waals surface area contributed by atoms with Crippen LogP contribution in [0.15, 0.2) is 24.3 Å². The third kappa shape index (κ3) is 7.22. The number of ether oxygens (including phenoxy) is 1. The Labute approximate surface area is 176 Å².